The molecule has 0 aromatic heterocycles. The minimum Gasteiger partial charge on any atom is -0.481 e. The van der Waals surface area contributed by atoms with Gasteiger partial charge in [-0.25, -0.2) is 0 Å². The number of carboxylic acid groups (broad SMARTS) is 1. The van der Waals surface area contributed by atoms with Crippen LogP contribution in [0.3, 0.4) is 0 Å². The number of benzene rings is 2. The summed E-state index contributed by atoms with van der Waals surface area (Å²) in [5, 5.41) is 9.90. The van der Waals surface area contributed by atoms with Crippen molar-refractivity contribution in [1.82, 2.24) is 4.90 Å². The molecule has 1 aliphatic rings. The smallest absolute Gasteiger partial charge is 0.314 e. The summed E-state index contributed by atoms with van der Waals surface area (Å²) in [6.07, 6.45) is 2.08. The maximum Gasteiger partial charge on any atom is 0.314 e. The van der Waals surface area contributed by atoms with E-state index in [0.717, 1.165) is 11.1 Å². The summed E-state index contributed by atoms with van der Waals surface area (Å²) in [6.45, 7) is 7.55. The van der Waals surface area contributed by atoms with E-state index in [4.69, 9.17) is 0 Å². The van der Waals surface area contributed by atoms with Gasteiger partial charge in [-0.1, -0.05) is 75.4 Å². The van der Waals surface area contributed by atoms with Gasteiger partial charge in [0.25, 0.3) is 0 Å². The largest absolute Gasteiger partial charge is 0.481 e. The third kappa shape index (κ3) is 4.69. The van der Waals surface area contributed by atoms with Crippen LogP contribution in [0.15, 0.2) is 54.6 Å². The number of rotatable bonds is 5. The number of carboxylic acids is 1. The fraction of sp³-hybridized carbons (Fsp3) is 0.440. The Hall–Kier alpha value is -2.62. The van der Waals surface area contributed by atoms with Crippen LogP contribution >= 0.6 is 0 Å². The molecule has 0 unspecified atom stereocenters. The van der Waals surface area contributed by atoms with Crippen molar-refractivity contribution < 1.29 is 14.7 Å². The van der Waals surface area contributed by atoms with E-state index in [1.807, 2.05) is 35.2 Å². The van der Waals surface area contributed by atoms with Crippen molar-refractivity contribution >= 4 is 11.9 Å². The van der Waals surface area contributed by atoms with E-state index in [2.05, 4.69) is 45.0 Å². The zero-order chi connectivity index (χ0) is 21.1. The molecular weight excluding hydrogens is 362 g/mol. The van der Waals surface area contributed by atoms with Gasteiger partial charge in [-0.3, -0.25) is 9.59 Å². The molecule has 1 aliphatic heterocycles. The van der Waals surface area contributed by atoms with E-state index in [1.54, 1.807) is 0 Å². The van der Waals surface area contributed by atoms with Crippen molar-refractivity contribution in [2.45, 2.75) is 57.3 Å². The Kier molecular flexibility index (Phi) is 6.11. The normalized spacial score (nSPS) is 16.4. The van der Waals surface area contributed by atoms with Crippen molar-refractivity contribution in [2.75, 3.05) is 13.1 Å². The van der Waals surface area contributed by atoms with E-state index in [0.29, 0.717) is 38.8 Å². The summed E-state index contributed by atoms with van der Waals surface area (Å²) < 4.78 is 0. The second kappa shape index (κ2) is 8.40. The summed E-state index contributed by atoms with van der Waals surface area (Å²) in [6, 6.07) is 17.9. The molecule has 0 radical (unpaired) electrons. The Morgan fingerprint density at radius 1 is 0.966 bits per heavy atom. The topological polar surface area (TPSA) is 57.6 Å². The average molecular weight is 394 g/mol. The van der Waals surface area contributed by atoms with E-state index >= 15 is 0 Å². The fourth-order valence-corrected chi connectivity index (χ4v) is 4.10. The zero-order valence-corrected chi connectivity index (χ0v) is 17.6. The lowest BCUT2D eigenvalue weighted by molar-refractivity contribution is -0.148. The number of likely N-dealkylation sites (tertiary alicyclic amines) is 1. The molecule has 154 valence electrons. The third-order valence-electron chi connectivity index (χ3n) is 6.15. The Morgan fingerprint density at radius 3 is 2.07 bits per heavy atom. The molecule has 4 heteroatoms. The van der Waals surface area contributed by atoms with Crippen molar-refractivity contribution in [3.8, 4) is 0 Å². The molecule has 0 spiro atoms. The summed E-state index contributed by atoms with van der Waals surface area (Å²) in [5.74, 6) is -0.688. The van der Waals surface area contributed by atoms with Gasteiger partial charge in [-0.2, -0.15) is 0 Å². The first-order valence-electron chi connectivity index (χ1n) is 10.4. The highest BCUT2D eigenvalue weighted by atomic mass is 16.4. The van der Waals surface area contributed by atoms with Gasteiger partial charge in [0.15, 0.2) is 0 Å². The number of piperidine rings is 1. The molecule has 2 aromatic carbocycles. The Morgan fingerprint density at radius 2 is 1.55 bits per heavy atom. The Bertz CT molecular complexity index is 842. The van der Waals surface area contributed by atoms with Gasteiger partial charge >= 0.3 is 5.97 Å². The van der Waals surface area contributed by atoms with Gasteiger partial charge in [-0.05, 0) is 41.4 Å². The van der Waals surface area contributed by atoms with Crippen molar-refractivity contribution in [3.63, 3.8) is 0 Å². The molecule has 4 nitrogen and oxygen atoms in total. The summed E-state index contributed by atoms with van der Waals surface area (Å²) in [5.41, 5.74) is 2.51. The summed E-state index contributed by atoms with van der Waals surface area (Å²) in [7, 11) is 0. The quantitative estimate of drug-likeness (QED) is 0.810. The van der Waals surface area contributed by atoms with E-state index < -0.39 is 11.4 Å². The van der Waals surface area contributed by atoms with Crippen LogP contribution in [-0.4, -0.2) is 35.0 Å². The highest BCUT2D eigenvalue weighted by Crippen LogP contribution is 2.36. The first-order chi connectivity index (χ1) is 13.7. The number of nitrogens with zero attached hydrogens (tertiary/aromatic N) is 1. The lowest BCUT2D eigenvalue weighted by Gasteiger charge is -2.39. The number of carbonyl (C=O) groups is 2. The SMILES string of the molecule is CC(C)(C)c1ccc(CCC(=O)N2CCC(C(=O)O)(c3ccccc3)CC2)cc1. The predicted octanol–water partition coefficient (Wildman–Crippen LogP) is 4.56. The van der Waals surface area contributed by atoms with Gasteiger partial charge in [0, 0.05) is 19.5 Å². The van der Waals surface area contributed by atoms with Crippen LogP contribution in [0.5, 0.6) is 0 Å². The summed E-state index contributed by atoms with van der Waals surface area (Å²) in [4.78, 5) is 26.6. The monoisotopic (exact) mass is 393 g/mol. The molecule has 1 saturated heterocycles. The first kappa shape index (κ1) is 21.1. The van der Waals surface area contributed by atoms with E-state index in [-0.39, 0.29) is 11.3 Å². The third-order valence-corrected chi connectivity index (χ3v) is 6.15. The maximum absolute atomic E-state index is 12.7. The minimum atomic E-state index is -0.888. The number of amides is 1. The molecule has 0 saturated carbocycles. The van der Waals surface area contributed by atoms with Crippen LogP contribution in [0.25, 0.3) is 0 Å². The van der Waals surface area contributed by atoms with Gasteiger partial charge in [0.1, 0.15) is 0 Å². The minimum absolute atomic E-state index is 0.108. The van der Waals surface area contributed by atoms with Crippen LogP contribution in [-0.2, 0) is 26.8 Å². The molecule has 0 atom stereocenters. The molecule has 3 rings (SSSR count). The van der Waals surface area contributed by atoms with Gasteiger partial charge in [0.05, 0.1) is 5.41 Å². The second-order valence-corrected chi connectivity index (χ2v) is 9.08. The number of aryl methyl sites for hydroxylation is 1. The standard InChI is InChI=1S/C25H31NO3/c1-24(2,3)20-12-9-19(10-13-20)11-14-22(27)26-17-15-25(16-18-26,23(28)29)21-7-5-4-6-8-21/h4-10,12-13H,11,14-18H2,1-3H3,(H,28,29). The van der Waals surface area contributed by atoms with Crippen molar-refractivity contribution in [2.24, 2.45) is 0 Å². The van der Waals surface area contributed by atoms with E-state index in [1.165, 1.54) is 5.56 Å². The zero-order valence-electron chi connectivity index (χ0n) is 17.6. The van der Waals surface area contributed by atoms with Gasteiger partial charge in [0.2, 0.25) is 5.91 Å². The number of carbonyl (C=O) groups excluding carboxylic acids is 1. The molecule has 0 aliphatic carbocycles. The van der Waals surface area contributed by atoms with Crippen LogP contribution in [0, 0.1) is 0 Å². The molecular formula is C25H31NO3. The average Bonchev–Trinajstić information content (AvgIpc) is 2.72. The molecule has 1 fully saturated rings. The molecule has 1 heterocycles. The van der Waals surface area contributed by atoms with Crippen LogP contribution in [0.2, 0.25) is 0 Å². The Balaban J connectivity index is 1.58. The highest BCUT2D eigenvalue weighted by Gasteiger charge is 2.43. The fourth-order valence-electron chi connectivity index (χ4n) is 4.10. The lowest BCUT2D eigenvalue weighted by Crippen LogP contribution is -2.49. The Labute approximate surface area is 173 Å². The number of hydrogen-bond acceptors (Lipinski definition) is 2. The van der Waals surface area contributed by atoms with Crippen LogP contribution in [0.4, 0.5) is 0 Å². The molecule has 29 heavy (non-hydrogen) atoms. The maximum atomic E-state index is 12.7. The predicted molar refractivity (Wildman–Crippen MR) is 115 cm³/mol. The molecule has 0 bridgehead atoms. The van der Waals surface area contributed by atoms with E-state index in [9.17, 15) is 14.7 Å². The van der Waals surface area contributed by atoms with Crippen LogP contribution in [0.1, 0.15) is 56.7 Å². The molecule has 1 amide bonds. The van der Waals surface area contributed by atoms with Gasteiger partial charge in [-0.15, -0.1) is 0 Å². The first-order valence-corrected chi connectivity index (χ1v) is 10.4. The molecule has 2 aromatic rings. The molecule has 1 N–H and O–H groups in total. The van der Waals surface area contributed by atoms with Crippen molar-refractivity contribution in [1.29, 1.82) is 0 Å². The number of aliphatic carboxylic acids is 1. The highest BCUT2D eigenvalue weighted by molar-refractivity contribution is 5.82. The lowest BCUT2D eigenvalue weighted by atomic mass is 9.73. The van der Waals surface area contributed by atoms with Gasteiger partial charge < -0.3 is 10.0 Å². The van der Waals surface area contributed by atoms with Crippen molar-refractivity contribution in [3.05, 3.63) is 71.3 Å². The van der Waals surface area contributed by atoms with Crippen LogP contribution < -0.4 is 0 Å². The number of hydrogen-bond donors (Lipinski definition) is 1. The summed E-state index contributed by atoms with van der Waals surface area (Å²) >= 11 is 0. The second-order valence-electron chi connectivity index (χ2n) is 9.08.